The summed E-state index contributed by atoms with van der Waals surface area (Å²) < 4.78 is 8.56. The van der Waals surface area contributed by atoms with Gasteiger partial charge in [-0.3, -0.25) is 0 Å². The van der Waals surface area contributed by atoms with Crippen molar-refractivity contribution >= 4 is 37.2 Å². The first-order valence-corrected chi connectivity index (χ1v) is 10.6. The van der Waals surface area contributed by atoms with Crippen LogP contribution >= 0.6 is 22.6 Å². The van der Waals surface area contributed by atoms with Gasteiger partial charge < -0.3 is 9.22 Å². The molecule has 0 aliphatic heterocycles. The standard InChI is InChI=1S/C14H27IO2Si/c1-6-18(7-2,8-3)17-14(13(5)11-16)9-12(4)10-15/h10-11,13-14H,6-9H2,1-5H3/b12-10+/t13-,14-/m1/s1. The van der Waals surface area contributed by atoms with Gasteiger partial charge in [0.2, 0.25) is 0 Å². The Morgan fingerprint density at radius 3 is 2.11 bits per heavy atom. The second-order valence-corrected chi connectivity index (χ2v) is 10.4. The normalized spacial score (nSPS) is 16.4. The molecule has 0 heterocycles. The minimum atomic E-state index is -1.63. The van der Waals surface area contributed by atoms with Crippen LogP contribution in [0.5, 0.6) is 0 Å². The van der Waals surface area contributed by atoms with E-state index in [9.17, 15) is 4.79 Å². The molecule has 4 heteroatoms. The zero-order chi connectivity index (χ0) is 14.2. The molecule has 0 fully saturated rings. The van der Waals surface area contributed by atoms with E-state index in [1.807, 2.05) is 6.92 Å². The molecule has 2 atom stereocenters. The Morgan fingerprint density at radius 2 is 1.78 bits per heavy atom. The fourth-order valence-electron chi connectivity index (χ4n) is 2.11. The van der Waals surface area contributed by atoms with Crippen LogP contribution < -0.4 is 0 Å². The number of hydrogen-bond acceptors (Lipinski definition) is 2. The zero-order valence-corrected chi connectivity index (χ0v) is 15.5. The summed E-state index contributed by atoms with van der Waals surface area (Å²) in [6.07, 6.45) is 1.96. The molecule has 0 N–H and O–H groups in total. The van der Waals surface area contributed by atoms with E-state index in [2.05, 4.69) is 54.4 Å². The smallest absolute Gasteiger partial charge is 0.192 e. The van der Waals surface area contributed by atoms with Crippen LogP contribution in [0.25, 0.3) is 0 Å². The minimum Gasteiger partial charge on any atom is -0.413 e. The molecule has 0 bridgehead atoms. The van der Waals surface area contributed by atoms with Crippen molar-refractivity contribution in [3.8, 4) is 0 Å². The Morgan fingerprint density at radius 1 is 1.28 bits per heavy atom. The van der Waals surface area contributed by atoms with Crippen molar-refractivity contribution < 1.29 is 9.22 Å². The lowest BCUT2D eigenvalue weighted by Gasteiger charge is -2.35. The van der Waals surface area contributed by atoms with Gasteiger partial charge in [0.1, 0.15) is 6.29 Å². The molecular formula is C14H27IO2Si. The summed E-state index contributed by atoms with van der Waals surface area (Å²) in [6.45, 7) is 10.8. The topological polar surface area (TPSA) is 26.3 Å². The van der Waals surface area contributed by atoms with Gasteiger partial charge in [0.05, 0.1) is 6.10 Å². The van der Waals surface area contributed by atoms with E-state index in [1.165, 1.54) is 5.57 Å². The van der Waals surface area contributed by atoms with Crippen LogP contribution in [0.4, 0.5) is 0 Å². The lowest BCUT2D eigenvalue weighted by atomic mass is 10.0. The molecule has 18 heavy (non-hydrogen) atoms. The summed E-state index contributed by atoms with van der Waals surface area (Å²) in [4.78, 5) is 11.1. The maximum atomic E-state index is 11.1. The van der Waals surface area contributed by atoms with E-state index in [0.717, 1.165) is 30.8 Å². The van der Waals surface area contributed by atoms with E-state index in [1.54, 1.807) is 0 Å². The Hall–Kier alpha value is 0.317. The van der Waals surface area contributed by atoms with Gasteiger partial charge in [0.15, 0.2) is 8.32 Å². The molecule has 0 unspecified atom stereocenters. The second kappa shape index (κ2) is 9.26. The third-order valence-electron chi connectivity index (χ3n) is 3.84. The van der Waals surface area contributed by atoms with Gasteiger partial charge >= 0.3 is 0 Å². The van der Waals surface area contributed by atoms with E-state index < -0.39 is 8.32 Å². The van der Waals surface area contributed by atoms with Gasteiger partial charge in [0, 0.05) is 5.92 Å². The van der Waals surface area contributed by atoms with Crippen molar-refractivity contribution in [1.29, 1.82) is 0 Å². The van der Waals surface area contributed by atoms with Crippen LogP contribution in [0.1, 0.15) is 41.0 Å². The Kier molecular flexibility index (Phi) is 9.42. The van der Waals surface area contributed by atoms with Crippen LogP contribution in [0.15, 0.2) is 9.66 Å². The average Bonchev–Trinajstić information content (AvgIpc) is 2.42. The maximum Gasteiger partial charge on any atom is 0.192 e. The Balaban J connectivity index is 4.91. The highest BCUT2D eigenvalue weighted by molar-refractivity contribution is 14.1. The first kappa shape index (κ1) is 18.3. The molecule has 0 aromatic heterocycles. The van der Waals surface area contributed by atoms with Gasteiger partial charge in [-0.05, 0) is 35.6 Å². The minimum absolute atomic E-state index is 0.0205. The van der Waals surface area contributed by atoms with Crippen molar-refractivity contribution in [2.45, 2.75) is 65.3 Å². The first-order valence-electron chi connectivity index (χ1n) is 6.87. The molecule has 2 nitrogen and oxygen atoms in total. The monoisotopic (exact) mass is 382 g/mol. The zero-order valence-electron chi connectivity index (χ0n) is 12.3. The first-order chi connectivity index (χ1) is 8.48. The molecule has 0 saturated heterocycles. The van der Waals surface area contributed by atoms with Crippen molar-refractivity contribution in [3.63, 3.8) is 0 Å². The number of halogens is 1. The molecule has 0 rings (SSSR count). The van der Waals surface area contributed by atoms with Gasteiger partial charge in [0.25, 0.3) is 0 Å². The number of carbonyl (C=O) groups is 1. The fraction of sp³-hybridized carbons (Fsp3) is 0.786. The van der Waals surface area contributed by atoms with Crippen LogP contribution in [0.2, 0.25) is 18.1 Å². The Labute approximate surface area is 127 Å². The van der Waals surface area contributed by atoms with Crippen molar-refractivity contribution in [3.05, 3.63) is 9.66 Å². The Bertz CT molecular complexity index is 267. The fourth-order valence-corrected chi connectivity index (χ4v) is 5.30. The molecule has 0 spiro atoms. The average molecular weight is 382 g/mol. The second-order valence-electron chi connectivity index (χ2n) is 5.05. The lowest BCUT2D eigenvalue weighted by Crippen LogP contribution is -2.42. The number of rotatable bonds is 9. The summed E-state index contributed by atoms with van der Waals surface area (Å²) >= 11 is 2.25. The third-order valence-corrected chi connectivity index (χ3v) is 9.58. The lowest BCUT2D eigenvalue weighted by molar-refractivity contribution is -0.113. The van der Waals surface area contributed by atoms with E-state index >= 15 is 0 Å². The molecule has 0 aromatic carbocycles. The molecule has 0 aromatic rings. The van der Waals surface area contributed by atoms with E-state index in [-0.39, 0.29) is 12.0 Å². The molecular weight excluding hydrogens is 355 g/mol. The summed E-state index contributed by atoms with van der Waals surface area (Å²) in [5.41, 5.74) is 1.29. The summed E-state index contributed by atoms with van der Waals surface area (Å²) in [7, 11) is -1.63. The van der Waals surface area contributed by atoms with Gasteiger partial charge in [-0.15, -0.1) is 0 Å². The highest BCUT2D eigenvalue weighted by Crippen LogP contribution is 2.28. The SMILES string of the molecule is CC[Si](CC)(CC)O[C@H](C/C(C)=C/I)[C@H](C)C=O. The maximum absolute atomic E-state index is 11.1. The van der Waals surface area contributed by atoms with E-state index in [0.29, 0.717) is 0 Å². The summed E-state index contributed by atoms with van der Waals surface area (Å²) in [6, 6.07) is 3.40. The summed E-state index contributed by atoms with van der Waals surface area (Å²) in [5, 5.41) is 0. The highest BCUT2D eigenvalue weighted by Gasteiger charge is 2.33. The molecule has 0 radical (unpaired) electrons. The highest BCUT2D eigenvalue weighted by atomic mass is 127. The van der Waals surface area contributed by atoms with E-state index in [4.69, 9.17) is 4.43 Å². The van der Waals surface area contributed by atoms with Gasteiger partial charge in [-0.1, -0.05) is 55.9 Å². The number of hydrogen-bond donors (Lipinski definition) is 0. The largest absolute Gasteiger partial charge is 0.413 e. The molecule has 0 saturated carbocycles. The molecule has 0 aliphatic rings. The van der Waals surface area contributed by atoms with Crippen molar-refractivity contribution in [2.24, 2.45) is 5.92 Å². The predicted molar refractivity (Wildman–Crippen MR) is 89.7 cm³/mol. The van der Waals surface area contributed by atoms with Crippen LogP contribution in [-0.2, 0) is 9.22 Å². The van der Waals surface area contributed by atoms with Gasteiger partial charge in [-0.2, -0.15) is 0 Å². The number of aldehydes is 1. The third kappa shape index (κ3) is 5.53. The molecule has 0 aliphatic carbocycles. The number of carbonyl (C=O) groups excluding carboxylic acids is 1. The van der Waals surface area contributed by atoms with Gasteiger partial charge in [-0.25, -0.2) is 0 Å². The van der Waals surface area contributed by atoms with Crippen LogP contribution in [0, 0.1) is 5.92 Å². The van der Waals surface area contributed by atoms with Crippen LogP contribution in [-0.4, -0.2) is 20.7 Å². The van der Waals surface area contributed by atoms with Crippen LogP contribution in [0.3, 0.4) is 0 Å². The van der Waals surface area contributed by atoms with Crippen molar-refractivity contribution in [2.75, 3.05) is 0 Å². The quantitative estimate of drug-likeness (QED) is 0.321. The summed E-state index contributed by atoms with van der Waals surface area (Å²) in [5.74, 6) is -0.0205. The molecule has 106 valence electrons. The predicted octanol–water partition coefficient (Wildman–Crippen LogP) is 4.94. The van der Waals surface area contributed by atoms with Crippen molar-refractivity contribution in [1.82, 2.24) is 0 Å². The molecule has 0 amide bonds.